The van der Waals surface area contributed by atoms with E-state index >= 15 is 0 Å². The molecule has 2 amide bonds. The molecule has 3 N–H and O–H groups in total. The Bertz CT molecular complexity index is 781. The van der Waals surface area contributed by atoms with Crippen LogP contribution in [0.4, 0.5) is 15.0 Å². The fourth-order valence-corrected chi connectivity index (χ4v) is 3.40. The smallest absolute Gasteiger partial charge is 0.322 e. The number of halogens is 1. The molecule has 0 spiro atoms. The minimum Gasteiger partial charge on any atom is -0.360 e. The molecule has 0 aliphatic carbocycles. The second-order valence-corrected chi connectivity index (χ2v) is 7.35. The van der Waals surface area contributed by atoms with E-state index in [4.69, 9.17) is 4.52 Å². The van der Waals surface area contributed by atoms with Gasteiger partial charge in [0.05, 0.1) is 0 Å². The van der Waals surface area contributed by atoms with Crippen molar-refractivity contribution in [1.29, 1.82) is 0 Å². The first-order chi connectivity index (χ1) is 13.5. The topological polar surface area (TPSA) is 82.4 Å². The van der Waals surface area contributed by atoms with Crippen molar-refractivity contribution >= 4 is 11.8 Å². The van der Waals surface area contributed by atoms with Gasteiger partial charge < -0.3 is 9.42 Å². The Morgan fingerprint density at radius 3 is 2.93 bits per heavy atom. The normalized spacial score (nSPS) is 19.0. The van der Waals surface area contributed by atoms with Crippen molar-refractivity contribution in [3.05, 3.63) is 47.5 Å². The molecule has 0 bridgehead atoms. The lowest BCUT2D eigenvalue weighted by Gasteiger charge is -2.17. The monoisotopic (exact) mass is 389 g/mol. The van der Waals surface area contributed by atoms with E-state index in [1.165, 1.54) is 6.07 Å². The molecule has 1 fully saturated rings. The summed E-state index contributed by atoms with van der Waals surface area (Å²) < 4.78 is 18.3. The number of hydrogen-bond donors (Lipinski definition) is 3. The molecular weight excluding hydrogens is 361 g/mol. The van der Waals surface area contributed by atoms with Crippen LogP contribution in [0.1, 0.15) is 49.5 Å². The molecular formula is C20H28FN5O2. The molecule has 8 heteroatoms. The second kappa shape index (κ2) is 9.66. The van der Waals surface area contributed by atoms with Gasteiger partial charge >= 0.3 is 6.03 Å². The van der Waals surface area contributed by atoms with Crippen LogP contribution in [0.3, 0.4) is 0 Å². The van der Waals surface area contributed by atoms with Gasteiger partial charge in [0, 0.05) is 31.7 Å². The highest BCUT2D eigenvalue weighted by atomic mass is 19.1. The van der Waals surface area contributed by atoms with Gasteiger partial charge in [-0.2, -0.15) is 0 Å². The lowest BCUT2D eigenvalue weighted by atomic mass is 9.99. The maximum atomic E-state index is 13.4. The zero-order chi connectivity index (χ0) is 19.9. The lowest BCUT2D eigenvalue weighted by Crippen LogP contribution is -2.32. The number of hydrogen-bond acceptors (Lipinski definition) is 5. The zero-order valence-electron chi connectivity index (χ0n) is 16.4. The molecule has 1 saturated heterocycles. The van der Waals surface area contributed by atoms with Crippen LogP contribution in [0, 0.1) is 12.7 Å². The average Bonchev–Trinajstić information content (AvgIpc) is 3.30. The molecule has 3 rings (SSSR count). The summed E-state index contributed by atoms with van der Waals surface area (Å²) in [5.41, 5.74) is 7.54. The number of nitrogens with one attached hydrogen (secondary N) is 3. The van der Waals surface area contributed by atoms with Gasteiger partial charge in [0.25, 0.3) is 0 Å². The van der Waals surface area contributed by atoms with Gasteiger partial charge in [-0.15, -0.1) is 0 Å². The predicted octanol–water partition coefficient (Wildman–Crippen LogP) is 3.75. The third kappa shape index (κ3) is 5.77. The van der Waals surface area contributed by atoms with E-state index in [0.717, 1.165) is 37.7 Å². The Kier molecular flexibility index (Phi) is 7.00. The van der Waals surface area contributed by atoms with E-state index < -0.39 is 0 Å². The SMILES string of the molecule is Cc1cc(NC(=O)N(C)CCCCCC2CC(c3cccc(F)c3)NN2)no1. The molecule has 0 saturated carbocycles. The van der Waals surface area contributed by atoms with Gasteiger partial charge in [-0.1, -0.05) is 30.1 Å². The van der Waals surface area contributed by atoms with Crippen LogP contribution in [-0.4, -0.2) is 35.7 Å². The Balaban J connectivity index is 1.29. The summed E-state index contributed by atoms with van der Waals surface area (Å²) in [6.45, 7) is 2.46. The number of benzene rings is 1. The van der Waals surface area contributed by atoms with Crippen LogP contribution in [0.25, 0.3) is 0 Å². The average molecular weight is 389 g/mol. The van der Waals surface area contributed by atoms with Crippen LogP contribution in [0.2, 0.25) is 0 Å². The summed E-state index contributed by atoms with van der Waals surface area (Å²) >= 11 is 0. The Morgan fingerprint density at radius 2 is 2.18 bits per heavy atom. The number of amides is 2. The highest BCUT2D eigenvalue weighted by Crippen LogP contribution is 2.25. The van der Waals surface area contributed by atoms with Crippen molar-refractivity contribution in [2.45, 2.75) is 51.1 Å². The number of carbonyl (C=O) groups excluding carboxylic acids is 1. The quantitative estimate of drug-likeness (QED) is 0.599. The third-order valence-electron chi connectivity index (χ3n) is 4.99. The highest BCUT2D eigenvalue weighted by Gasteiger charge is 2.24. The first-order valence-corrected chi connectivity index (χ1v) is 9.73. The van der Waals surface area contributed by atoms with Crippen molar-refractivity contribution in [3.63, 3.8) is 0 Å². The van der Waals surface area contributed by atoms with Crippen LogP contribution in [-0.2, 0) is 0 Å². The van der Waals surface area contributed by atoms with Gasteiger partial charge in [-0.25, -0.2) is 9.18 Å². The van der Waals surface area contributed by atoms with Crippen molar-refractivity contribution in [3.8, 4) is 0 Å². The van der Waals surface area contributed by atoms with E-state index in [1.807, 2.05) is 6.07 Å². The predicted molar refractivity (Wildman–Crippen MR) is 105 cm³/mol. The van der Waals surface area contributed by atoms with Crippen molar-refractivity contribution in [2.75, 3.05) is 18.9 Å². The molecule has 1 aromatic carbocycles. The summed E-state index contributed by atoms with van der Waals surface area (Å²) in [7, 11) is 1.77. The van der Waals surface area contributed by atoms with Gasteiger partial charge in [-0.05, 0) is 43.9 Å². The summed E-state index contributed by atoms with van der Waals surface area (Å²) in [5.74, 6) is 0.893. The first kappa shape index (κ1) is 20.3. The van der Waals surface area contributed by atoms with Crippen molar-refractivity contribution in [1.82, 2.24) is 20.9 Å². The van der Waals surface area contributed by atoms with E-state index in [2.05, 4.69) is 21.3 Å². The molecule has 0 radical (unpaired) electrons. The zero-order valence-corrected chi connectivity index (χ0v) is 16.4. The fourth-order valence-electron chi connectivity index (χ4n) is 3.40. The summed E-state index contributed by atoms with van der Waals surface area (Å²) in [6.07, 6.45) is 5.06. The third-order valence-corrected chi connectivity index (χ3v) is 4.99. The van der Waals surface area contributed by atoms with Gasteiger partial charge in [0.15, 0.2) is 5.82 Å². The maximum Gasteiger partial charge on any atom is 0.322 e. The number of urea groups is 1. The van der Waals surface area contributed by atoms with Crippen LogP contribution >= 0.6 is 0 Å². The van der Waals surface area contributed by atoms with E-state index in [0.29, 0.717) is 24.2 Å². The minimum absolute atomic E-state index is 0.149. The van der Waals surface area contributed by atoms with Gasteiger partial charge in [-0.3, -0.25) is 16.2 Å². The molecule has 2 unspecified atom stereocenters. The first-order valence-electron chi connectivity index (χ1n) is 9.73. The summed E-state index contributed by atoms with van der Waals surface area (Å²) in [4.78, 5) is 13.7. The van der Waals surface area contributed by atoms with E-state index in [9.17, 15) is 9.18 Å². The summed E-state index contributed by atoms with van der Waals surface area (Å²) in [6, 6.07) is 8.78. The number of nitrogens with zero attached hydrogens (tertiary/aromatic N) is 2. The Morgan fingerprint density at radius 1 is 1.32 bits per heavy atom. The Hall–Kier alpha value is -2.45. The minimum atomic E-state index is -0.199. The number of aromatic nitrogens is 1. The number of aryl methyl sites for hydroxylation is 1. The van der Waals surface area contributed by atoms with Crippen LogP contribution in [0.15, 0.2) is 34.9 Å². The lowest BCUT2D eigenvalue weighted by molar-refractivity contribution is 0.221. The molecule has 2 aromatic rings. The molecule has 2 heterocycles. The summed E-state index contributed by atoms with van der Waals surface area (Å²) in [5, 5.41) is 6.47. The van der Waals surface area contributed by atoms with Gasteiger partial charge in [0.1, 0.15) is 11.6 Å². The number of rotatable bonds is 8. The molecule has 28 heavy (non-hydrogen) atoms. The number of anilines is 1. The maximum absolute atomic E-state index is 13.4. The molecule has 2 atom stereocenters. The number of carbonyl (C=O) groups is 1. The second-order valence-electron chi connectivity index (χ2n) is 7.35. The largest absolute Gasteiger partial charge is 0.360 e. The van der Waals surface area contributed by atoms with Crippen LogP contribution < -0.4 is 16.2 Å². The van der Waals surface area contributed by atoms with E-state index in [1.54, 1.807) is 37.1 Å². The van der Waals surface area contributed by atoms with Crippen LogP contribution in [0.5, 0.6) is 0 Å². The number of hydrazine groups is 1. The molecule has 152 valence electrons. The van der Waals surface area contributed by atoms with Crippen molar-refractivity contribution in [2.24, 2.45) is 0 Å². The molecule has 7 nitrogen and oxygen atoms in total. The number of unbranched alkanes of at least 4 members (excludes halogenated alkanes) is 2. The van der Waals surface area contributed by atoms with E-state index in [-0.39, 0.29) is 17.9 Å². The molecule has 1 aliphatic heterocycles. The Labute approximate surface area is 164 Å². The fraction of sp³-hybridized carbons (Fsp3) is 0.500. The molecule has 1 aromatic heterocycles. The molecule has 1 aliphatic rings. The van der Waals surface area contributed by atoms with Crippen molar-refractivity contribution < 1.29 is 13.7 Å². The van der Waals surface area contributed by atoms with Gasteiger partial charge in [0.2, 0.25) is 0 Å². The standard InChI is InChI=1S/C20H28FN5O2/c1-14-11-19(25-28-14)22-20(27)26(2)10-5-3-4-9-17-13-18(24-23-17)15-7-6-8-16(21)12-15/h6-8,11-12,17-18,23-24H,3-5,9-10,13H2,1-2H3,(H,22,25,27). The highest BCUT2D eigenvalue weighted by molar-refractivity contribution is 5.87.